The van der Waals surface area contributed by atoms with E-state index in [1.165, 1.54) is 7.11 Å². The first kappa shape index (κ1) is 30.7. The summed E-state index contributed by atoms with van der Waals surface area (Å²) in [6.45, 7) is 8.86. The number of imidazole rings is 1. The molecule has 2 unspecified atom stereocenters. The fourth-order valence-corrected chi connectivity index (χ4v) is 4.68. The summed E-state index contributed by atoms with van der Waals surface area (Å²) in [5.74, 6) is 0.0946. The molecular weight excluding hydrogens is 530 g/mol. The number of esters is 1. The van der Waals surface area contributed by atoms with Crippen molar-refractivity contribution in [1.29, 1.82) is 0 Å². The Morgan fingerprint density at radius 1 is 1.20 bits per heavy atom. The van der Waals surface area contributed by atoms with Gasteiger partial charge in [-0.2, -0.15) is 0 Å². The van der Waals surface area contributed by atoms with Gasteiger partial charge in [-0.3, -0.25) is 0 Å². The number of nitrogens with zero attached hydrogens (tertiary/aromatic N) is 1. The molecule has 41 heavy (non-hydrogen) atoms. The molecule has 11 heteroatoms. The van der Waals surface area contributed by atoms with Crippen LogP contribution in [0.3, 0.4) is 0 Å². The van der Waals surface area contributed by atoms with Crippen molar-refractivity contribution < 1.29 is 38.3 Å². The molecule has 0 saturated carbocycles. The molecule has 2 aromatic rings. The highest BCUT2D eigenvalue weighted by molar-refractivity contribution is 5.97. The topological polar surface area (TPSA) is 133 Å². The quantitative estimate of drug-likeness (QED) is 0.177. The number of nitrogens with one attached hydrogen (secondary N) is 2. The van der Waals surface area contributed by atoms with Crippen molar-refractivity contribution in [2.24, 2.45) is 5.92 Å². The van der Waals surface area contributed by atoms with E-state index >= 15 is 0 Å². The van der Waals surface area contributed by atoms with Crippen LogP contribution in [0.5, 0.6) is 11.5 Å². The lowest BCUT2D eigenvalue weighted by atomic mass is 9.99. The number of aromatic amines is 1. The van der Waals surface area contributed by atoms with Gasteiger partial charge in [-0.05, 0) is 38.8 Å². The first-order valence-electron chi connectivity index (χ1n) is 13.9. The van der Waals surface area contributed by atoms with Crippen molar-refractivity contribution in [2.45, 2.75) is 70.9 Å². The van der Waals surface area contributed by atoms with Gasteiger partial charge in [0.1, 0.15) is 47.8 Å². The molecular formula is C30H41N3O8. The third-order valence-electron chi connectivity index (χ3n) is 6.91. The van der Waals surface area contributed by atoms with Gasteiger partial charge in [0.2, 0.25) is 0 Å². The van der Waals surface area contributed by atoms with Gasteiger partial charge in [0, 0.05) is 38.0 Å². The Morgan fingerprint density at radius 3 is 2.78 bits per heavy atom. The maximum Gasteiger partial charge on any atom is 0.342 e. The van der Waals surface area contributed by atoms with E-state index in [2.05, 4.69) is 15.3 Å². The van der Waals surface area contributed by atoms with Crippen LogP contribution in [0.2, 0.25) is 0 Å². The number of fused-ring (bicyclic) bond motifs is 2. The number of aliphatic hydroxyl groups is 1. The van der Waals surface area contributed by atoms with Gasteiger partial charge < -0.3 is 43.8 Å². The lowest BCUT2D eigenvalue weighted by Gasteiger charge is -2.23. The van der Waals surface area contributed by atoms with Crippen molar-refractivity contribution in [3.63, 3.8) is 0 Å². The summed E-state index contributed by atoms with van der Waals surface area (Å²) in [5.41, 5.74) is 0.826. The standard InChI is InChI=1S/C30H41N3O8/c1-19-9-10-23(34)28-24(40-30(3,4)41-28)8-6-7-21-15-22(37-14-13-31-17-26-32-11-12-33-26)16-25(38-18-36-5)27(21)29(35)39-20(19)2/h6-7,9-12,15-16,19-20,23-24,28,31,34H,8,13-14,17-18H2,1-5H3,(H,32,33)/t19-,20+,23?,24+,28?/m1/s1. The van der Waals surface area contributed by atoms with E-state index in [9.17, 15) is 9.90 Å². The minimum absolute atomic E-state index is 0.0613. The summed E-state index contributed by atoms with van der Waals surface area (Å²) in [5, 5.41) is 14.2. The third-order valence-corrected chi connectivity index (χ3v) is 6.91. The van der Waals surface area contributed by atoms with Crippen LogP contribution in [0, 0.1) is 5.92 Å². The van der Waals surface area contributed by atoms with Crippen LogP contribution in [0.1, 0.15) is 55.9 Å². The fraction of sp³-hybridized carbons (Fsp3) is 0.533. The number of cyclic esters (lactones) is 1. The van der Waals surface area contributed by atoms with Gasteiger partial charge in [0.15, 0.2) is 12.6 Å². The summed E-state index contributed by atoms with van der Waals surface area (Å²) in [6.07, 6.45) is 8.82. The lowest BCUT2D eigenvalue weighted by Crippen LogP contribution is -2.34. The maximum atomic E-state index is 13.5. The Hall–Kier alpha value is -3.22. The molecule has 0 amide bonds. The van der Waals surface area contributed by atoms with Gasteiger partial charge in [-0.1, -0.05) is 31.2 Å². The van der Waals surface area contributed by atoms with Gasteiger partial charge in [0.25, 0.3) is 0 Å². The molecule has 11 nitrogen and oxygen atoms in total. The third kappa shape index (κ3) is 8.40. The molecule has 1 aromatic heterocycles. The second-order valence-electron chi connectivity index (χ2n) is 10.6. The predicted octanol–water partition coefficient (Wildman–Crippen LogP) is 3.60. The van der Waals surface area contributed by atoms with E-state index in [0.29, 0.717) is 37.4 Å². The first-order chi connectivity index (χ1) is 19.7. The van der Waals surface area contributed by atoms with Crippen LogP contribution in [-0.2, 0) is 25.5 Å². The number of H-pyrrole nitrogens is 1. The Bertz CT molecular complexity index is 1200. The van der Waals surface area contributed by atoms with Crippen LogP contribution >= 0.6 is 0 Å². The first-order valence-corrected chi connectivity index (χ1v) is 13.9. The van der Waals surface area contributed by atoms with E-state index in [0.717, 1.165) is 5.82 Å². The summed E-state index contributed by atoms with van der Waals surface area (Å²) >= 11 is 0. The van der Waals surface area contributed by atoms with Crippen LogP contribution in [0.4, 0.5) is 0 Å². The Kier molecular flexibility index (Phi) is 10.6. The summed E-state index contributed by atoms with van der Waals surface area (Å²) in [4.78, 5) is 20.8. The van der Waals surface area contributed by atoms with Gasteiger partial charge in [-0.25, -0.2) is 9.78 Å². The van der Waals surface area contributed by atoms with Crippen molar-refractivity contribution in [3.8, 4) is 11.5 Å². The van der Waals surface area contributed by atoms with Gasteiger partial charge in [-0.15, -0.1) is 0 Å². The monoisotopic (exact) mass is 571 g/mol. The molecule has 2 aliphatic rings. The van der Waals surface area contributed by atoms with Crippen molar-refractivity contribution in [3.05, 3.63) is 59.7 Å². The zero-order chi connectivity index (χ0) is 29.4. The maximum absolute atomic E-state index is 13.5. The number of ether oxygens (including phenoxy) is 6. The second-order valence-corrected chi connectivity index (χ2v) is 10.6. The predicted molar refractivity (Wildman–Crippen MR) is 151 cm³/mol. The lowest BCUT2D eigenvalue weighted by molar-refractivity contribution is -0.152. The number of carbonyl (C=O) groups excluding carboxylic acids is 1. The minimum Gasteiger partial charge on any atom is -0.492 e. The number of benzene rings is 1. The molecule has 5 atom stereocenters. The molecule has 0 spiro atoms. The fourth-order valence-electron chi connectivity index (χ4n) is 4.68. The molecule has 3 heterocycles. The van der Waals surface area contributed by atoms with Crippen LogP contribution in [0.25, 0.3) is 6.08 Å². The number of aromatic nitrogens is 2. The molecule has 0 bridgehead atoms. The molecule has 1 saturated heterocycles. The number of carbonyl (C=O) groups is 1. The average Bonchev–Trinajstić information content (AvgIpc) is 3.56. The van der Waals surface area contributed by atoms with E-state index in [4.69, 9.17) is 28.4 Å². The highest BCUT2D eigenvalue weighted by Crippen LogP contribution is 2.35. The molecule has 224 valence electrons. The summed E-state index contributed by atoms with van der Waals surface area (Å²) in [6, 6.07) is 3.45. The molecule has 1 fully saturated rings. The van der Waals surface area contributed by atoms with Crippen LogP contribution < -0.4 is 14.8 Å². The van der Waals surface area contributed by atoms with Crippen LogP contribution in [-0.4, -0.2) is 78.3 Å². The number of aliphatic hydroxyl groups excluding tert-OH is 1. The largest absolute Gasteiger partial charge is 0.492 e. The van der Waals surface area contributed by atoms with E-state index < -0.39 is 36.2 Å². The van der Waals surface area contributed by atoms with E-state index in [1.54, 1.807) is 30.6 Å². The Morgan fingerprint density at radius 2 is 2.02 bits per heavy atom. The number of methoxy groups -OCH3 is 1. The molecule has 0 radical (unpaired) electrons. The van der Waals surface area contributed by atoms with Crippen LogP contribution in [0.15, 0.2) is 42.8 Å². The highest BCUT2D eigenvalue weighted by Gasteiger charge is 2.43. The Balaban J connectivity index is 1.62. The molecule has 1 aromatic carbocycles. The summed E-state index contributed by atoms with van der Waals surface area (Å²) < 4.78 is 35.0. The highest BCUT2D eigenvalue weighted by atomic mass is 16.8. The Labute approximate surface area is 240 Å². The SMILES string of the molecule is COCOc1cc(OCCNCc2ncc[nH]2)cc2c1C(=O)O[C@@H](C)[C@H](C)C=CC(O)C1OC(C)(C)O[C@H]1CC=C2. The van der Waals surface area contributed by atoms with E-state index in [-0.39, 0.29) is 24.0 Å². The smallest absolute Gasteiger partial charge is 0.342 e. The average molecular weight is 572 g/mol. The number of rotatable bonds is 9. The number of hydrogen-bond acceptors (Lipinski definition) is 10. The zero-order valence-corrected chi connectivity index (χ0v) is 24.3. The normalized spacial score (nSPS) is 26.1. The molecule has 4 rings (SSSR count). The number of hydrogen-bond donors (Lipinski definition) is 3. The molecule has 0 aliphatic carbocycles. The van der Waals surface area contributed by atoms with Crippen molar-refractivity contribution in [1.82, 2.24) is 15.3 Å². The van der Waals surface area contributed by atoms with E-state index in [1.807, 2.05) is 45.9 Å². The second kappa shape index (κ2) is 14.1. The molecule has 3 N–H and O–H groups in total. The van der Waals surface area contributed by atoms with Crippen molar-refractivity contribution >= 4 is 12.0 Å². The minimum atomic E-state index is -0.883. The molecule has 2 aliphatic heterocycles. The van der Waals surface area contributed by atoms with Gasteiger partial charge in [0.05, 0.1) is 12.6 Å². The van der Waals surface area contributed by atoms with Crippen molar-refractivity contribution in [2.75, 3.05) is 27.1 Å². The summed E-state index contributed by atoms with van der Waals surface area (Å²) in [7, 11) is 1.51. The van der Waals surface area contributed by atoms with Gasteiger partial charge >= 0.3 is 5.97 Å². The zero-order valence-electron chi connectivity index (χ0n) is 24.3.